The molecule has 2 aliphatic heterocycles. The van der Waals surface area contributed by atoms with Crippen LogP contribution in [0.15, 0.2) is 12.3 Å². The molecule has 1 aromatic heterocycles. The van der Waals surface area contributed by atoms with Crippen molar-refractivity contribution in [2.24, 2.45) is 11.3 Å². The standard InChI is InChI=1S/C17H26N4O3/c1-4-21-15(5-7-18-21)16(23)19-8-6-17(12-24-3)11-20(13(2)22)10-14(17)9-19/h5,7,14H,4,6,8-12H2,1-3H3/t14-,17+/m1/s1. The first-order valence-corrected chi connectivity index (χ1v) is 8.56. The number of hydrogen-bond acceptors (Lipinski definition) is 4. The Morgan fingerprint density at radius 1 is 1.38 bits per heavy atom. The van der Waals surface area contributed by atoms with Gasteiger partial charge < -0.3 is 14.5 Å². The number of fused-ring (bicyclic) bond motifs is 1. The molecule has 0 spiro atoms. The zero-order valence-corrected chi connectivity index (χ0v) is 14.7. The molecule has 132 valence electrons. The molecule has 2 aliphatic rings. The number of piperidine rings is 1. The Hall–Kier alpha value is -1.89. The number of carbonyl (C=O) groups is 2. The number of ether oxygens (including phenoxy) is 1. The van der Waals surface area contributed by atoms with E-state index in [2.05, 4.69) is 5.10 Å². The average molecular weight is 334 g/mol. The maximum absolute atomic E-state index is 12.9. The number of amides is 2. The van der Waals surface area contributed by atoms with Gasteiger partial charge in [-0.15, -0.1) is 0 Å². The predicted octanol–water partition coefficient (Wildman–Crippen LogP) is 0.860. The van der Waals surface area contributed by atoms with E-state index in [0.29, 0.717) is 38.5 Å². The second-order valence-electron chi connectivity index (χ2n) is 6.93. The molecule has 7 heteroatoms. The van der Waals surface area contributed by atoms with Crippen LogP contribution in [0.3, 0.4) is 0 Å². The summed E-state index contributed by atoms with van der Waals surface area (Å²) >= 11 is 0. The first-order valence-electron chi connectivity index (χ1n) is 8.56. The quantitative estimate of drug-likeness (QED) is 0.819. The van der Waals surface area contributed by atoms with Gasteiger partial charge in [0.15, 0.2) is 0 Å². The molecule has 0 N–H and O–H groups in total. The molecule has 7 nitrogen and oxygen atoms in total. The van der Waals surface area contributed by atoms with Gasteiger partial charge in [0.1, 0.15) is 5.69 Å². The average Bonchev–Trinajstić information content (AvgIpc) is 3.18. The Morgan fingerprint density at radius 2 is 2.12 bits per heavy atom. The van der Waals surface area contributed by atoms with Gasteiger partial charge in [0.05, 0.1) is 6.61 Å². The van der Waals surface area contributed by atoms with E-state index in [1.54, 1.807) is 31.0 Å². The fraction of sp³-hybridized carbons (Fsp3) is 0.706. The molecule has 3 heterocycles. The highest BCUT2D eigenvalue weighted by Crippen LogP contribution is 2.43. The van der Waals surface area contributed by atoms with Crippen LogP contribution in [-0.2, 0) is 16.1 Å². The maximum atomic E-state index is 12.9. The highest BCUT2D eigenvalue weighted by atomic mass is 16.5. The highest BCUT2D eigenvalue weighted by Gasteiger charge is 2.51. The SMILES string of the molecule is CCn1nccc1C(=O)N1CC[C@@]2(COC)CN(C(C)=O)C[C@H]2C1. The van der Waals surface area contributed by atoms with Crippen molar-refractivity contribution in [3.8, 4) is 0 Å². The van der Waals surface area contributed by atoms with Crippen LogP contribution < -0.4 is 0 Å². The third kappa shape index (κ3) is 2.81. The van der Waals surface area contributed by atoms with E-state index in [1.165, 1.54) is 0 Å². The topological polar surface area (TPSA) is 67.7 Å². The molecule has 24 heavy (non-hydrogen) atoms. The zero-order valence-electron chi connectivity index (χ0n) is 14.7. The van der Waals surface area contributed by atoms with Crippen LogP contribution in [0.2, 0.25) is 0 Å². The van der Waals surface area contributed by atoms with Crippen LogP contribution in [0.5, 0.6) is 0 Å². The Labute approximate surface area is 142 Å². The Bertz CT molecular complexity index is 629. The summed E-state index contributed by atoms with van der Waals surface area (Å²) in [7, 11) is 1.71. The molecule has 2 saturated heterocycles. The molecule has 2 fully saturated rings. The molecule has 0 radical (unpaired) electrons. The van der Waals surface area contributed by atoms with E-state index in [1.807, 2.05) is 16.7 Å². The third-order valence-corrected chi connectivity index (χ3v) is 5.53. The second kappa shape index (κ2) is 6.55. The van der Waals surface area contributed by atoms with Crippen molar-refractivity contribution in [3.63, 3.8) is 0 Å². The molecule has 0 aromatic carbocycles. The smallest absolute Gasteiger partial charge is 0.272 e. The van der Waals surface area contributed by atoms with Crippen LogP contribution in [0.4, 0.5) is 0 Å². The molecule has 2 amide bonds. The highest BCUT2D eigenvalue weighted by molar-refractivity contribution is 5.92. The van der Waals surface area contributed by atoms with Gasteiger partial charge in [-0.3, -0.25) is 14.3 Å². The van der Waals surface area contributed by atoms with Gasteiger partial charge in [0.2, 0.25) is 5.91 Å². The van der Waals surface area contributed by atoms with Crippen molar-refractivity contribution < 1.29 is 14.3 Å². The molecule has 0 bridgehead atoms. The number of methoxy groups -OCH3 is 1. The summed E-state index contributed by atoms with van der Waals surface area (Å²) < 4.78 is 7.20. The van der Waals surface area contributed by atoms with Gasteiger partial charge in [-0.05, 0) is 19.4 Å². The van der Waals surface area contributed by atoms with E-state index in [9.17, 15) is 9.59 Å². The number of likely N-dealkylation sites (tertiary alicyclic amines) is 2. The van der Waals surface area contributed by atoms with Gasteiger partial charge >= 0.3 is 0 Å². The molecule has 0 unspecified atom stereocenters. The van der Waals surface area contributed by atoms with Crippen molar-refractivity contribution in [1.29, 1.82) is 0 Å². The first kappa shape index (κ1) is 17.0. The minimum atomic E-state index is -0.0256. The summed E-state index contributed by atoms with van der Waals surface area (Å²) in [6.45, 7) is 7.70. The predicted molar refractivity (Wildman–Crippen MR) is 88.5 cm³/mol. The molecule has 3 rings (SSSR count). The summed E-state index contributed by atoms with van der Waals surface area (Å²) in [6.07, 6.45) is 2.53. The molecule has 2 atom stereocenters. The van der Waals surface area contributed by atoms with Crippen molar-refractivity contribution in [2.45, 2.75) is 26.8 Å². The summed E-state index contributed by atoms with van der Waals surface area (Å²) in [6, 6.07) is 1.78. The van der Waals surface area contributed by atoms with Crippen molar-refractivity contribution in [2.75, 3.05) is 39.9 Å². The molecule has 1 aromatic rings. The van der Waals surface area contributed by atoms with Crippen LogP contribution in [0, 0.1) is 11.3 Å². The van der Waals surface area contributed by atoms with Gasteiger partial charge in [0, 0.05) is 64.3 Å². The number of aromatic nitrogens is 2. The zero-order chi connectivity index (χ0) is 17.3. The Morgan fingerprint density at radius 3 is 2.79 bits per heavy atom. The Balaban J connectivity index is 1.77. The van der Waals surface area contributed by atoms with Gasteiger partial charge in [-0.2, -0.15) is 5.10 Å². The maximum Gasteiger partial charge on any atom is 0.272 e. The van der Waals surface area contributed by atoms with Crippen LogP contribution in [0.25, 0.3) is 0 Å². The lowest BCUT2D eigenvalue weighted by atomic mass is 9.73. The van der Waals surface area contributed by atoms with E-state index < -0.39 is 0 Å². The summed E-state index contributed by atoms with van der Waals surface area (Å²) in [5, 5.41) is 4.19. The number of carbonyl (C=O) groups excluding carboxylic acids is 2. The fourth-order valence-corrected chi connectivity index (χ4v) is 4.16. The normalized spacial score (nSPS) is 26.5. The summed E-state index contributed by atoms with van der Waals surface area (Å²) in [5.41, 5.74) is 0.612. The fourth-order valence-electron chi connectivity index (χ4n) is 4.16. The lowest BCUT2D eigenvalue weighted by molar-refractivity contribution is -0.128. The van der Waals surface area contributed by atoms with Crippen molar-refractivity contribution in [1.82, 2.24) is 19.6 Å². The lowest BCUT2D eigenvalue weighted by Gasteiger charge is -2.42. The van der Waals surface area contributed by atoms with Gasteiger partial charge in [-0.1, -0.05) is 0 Å². The van der Waals surface area contributed by atoms with E-state index >= 15 is 0 Å². The largest absolute Gasteiger partial charge is 0.384 e. The first-order chi connectivity index (χ1) is 11.5. The van der Waals surface area contributed by atoms with Crippen LogP contribution in [-0.4, -0.2) is 71.3 Å². The number of hydrogen-bond donors (Lipinski definition) is 0. The van der Waals surface area contributed by atoms with Gasteiger partial charge in [-0.25, -0.2) is 0 Å². The summed E-state index contributed by atoms with van der Waals surface area (Å²) in [5.74, 6) is 0.389. The van der Waals surface area contributed by atoms with Crippen molar-refractivity contribution >= 4 is 11.8 Å². The monoisotopic (exact) mass is 334 g/mol. The van der Waals surface area contributed by atoms with E-state index in [4.69, 9.17) is 4.74 Å². The number of rotatable bonds is 4. The number of aryl methyl sites for hydroxylation is 1. The minimum Gasteiger partial charge on any atom is -0.384 e. The third-order valence-electron chi connectivity index (χ3n) is 5.53. The molecule has 0 saturated carbocycles. The summed E-state index contributed by atoms with van der Waals surface area (Å²) in [4.78, 5) is 28.5. The van der Waals surface area contributed by atoms with E-state index in [-0.39, 0.29) is 23.1 Å². The lowest BCUT2D eigenvalue weighted by Crippen LogP contribution is -2.51. The Kier molecular flexibility index (Phi) is 4.62. The van der Waals surface area contributed by atoms with Crippen LogP contribution >= 0.6 is 0 Å². The molecule has 0 aliphatic carbocycles. The van der Waals surface area contributed by atoms with E-state index in [0.717, 1.165) is 13.0 Å². The number of nitrogens with zero attached hydrogens (tertiary/aromatic N) is 4. The second-order valence-corrected chi connectivity index (χ2v) is 6.93. The van der Waals surface area contributed by atoms with Crippen LogP contribution in [0.1, 0.15) is 30.8 Å². The minimum absolute atomic E-state index is 0.0256. The van der Waals surface area contributed by atoms with Crippen molar-refractivity contribution in [3.05, 3.63) is 18.0 Å². The molecular formula is C17H26N4O3. The molecular weight excluding hydrogens is 308 g/mol. The van der Waals surface area contributed by atoms with Gasteiger partial charge in [0.25, 0.3) is 5.91 Å².